The van der Waals surface area contributed by atoms with Gasteiger partial charge in [0.2, 0.25) is 10.0 Å². The van der Waals surface area contributed by atoms with Gasteiger partial charge >= 0.3 is 0 Å². The fourth-order valence-electron chi connectivity index (χ4n) is 3.34. The van der Waals surface area contributed by atoms with Crippen LogP contribution in [0.4, 0.5) is 0 Å². The van der Waals surface area contributed by atoms with Crippen molar-refractivity contribution in [1.29, 1.82) is 0 Å². The van der Waals surface area contributed by atoms with Gasteiger partial charge in [-0.25, -0.2) is 17.7 Å². The summed E-state index contributed by atoms with van der Waals surface area (Å²) in [6.07, 6.45) is 5.53. The molecule has 7 heteroatoms. The summed E-state index contributed by atoms with van der Waals surface area (Å²) in [6, 6.07) is 9.35. The molecule has 2 heterocycles. The smallest absolute Gasteiger partial charge is 0.218 e. The number of ether oxygens (including phenoxy) is 1. The zero-order chi connectivity index (χ0) is 17.7. The third kappa shape index (κ3) is 4.48. The molecule has 3 rings (SSSR count). The molecular formula is C18H25N3O3S. The topological polar surface area (TPSA) is 64.4 Å². The van der Waals surface area contributed by atoms with Crippen LogP contribution in [0, 0.1) is 0 Å². The highest BCUT2D eigenvalue weighted by Gasteiger charge is 2.31. The zero-order valence-corrected chi connectivity index (χ0v) is 15.4. The Hall–Kier alpha value is -1.70. The molecule has 1 aliphatic rings. The van der Waals surface area contributed by atoms with Gasteiger partial charge in [-0.3, -0.25) is 0 Å². The van der Waals surface area contributed by atoms with Gasteiger partial charge in [-0.15, -0.1) is 0 Å². The Kier molecular flexibility index (Phi) is 5.88. The first-order valence-corrected chi connectivity index (χ1v) is 10.2. The second-order valence-electron chi connectivity index (χ2n) is 6.41. The molecule has 1 saturated heterocycles. The number of imidazole rings is 1. The number of methoxy groups -OCH3 is 1. The van der Waals surface area contributed by atoms with Gasteiger partial charge in [0.05, 0.1) is 12.4 Å². The van der Waals surface area contributed by atoms with Crippen LogP contribution in [0.5, 0.6) is 0 Å². The van der Waals surface area contributed by atoms with Crippen molar-refractivity contribution in [1.82, 2.24) is 13.9 Å². The van der Waals surface area contributed by atoms with Crippen molar-refractivity contribution in [2.45, 2.75) is 31.1 Å². The van der Waals surface area contributed by atoms with Crippen LogP contribution in [0.15, 0.2) is 42.7 Å². The molecule has 1 aromatic carbocycles. The lowest BCUT2D eigenvalue weighted by atomic mass is 9.99. The highest BCUT2D eigenvalue weighted by atomic mass is 32.2. The van der Waals surface area contributed by atoms with E-state index in [0.717, 1.165) is 30.8 Å². The van der Waals surface area contributed by atoms with Gasteiger partial charge in [0.1, 0.15) is 5.82 Å². The van der Waals surface area contributed by atoms with Crippen molar-refractivity contribution in [2.75, 3.05) is 26.8 Å². The molecule has 2 aromatic rings. The fourth-order valence-corrected chi connectivity index (χ4v) is 4.95. The molecule has 1 aliphatic heterocycles. The largest absolute Gasteiger partial charge is 0.383 e. The van der Waals surface area contributed by atoms with E-state index in [1.807, 2.05) is 36.5 Å². The highest BCUT2D eigenvalue weighted by Crippen LogP contribution is 2.28. The Balaban J connectivity index is 1.71. The van der Waals surface area contributed by atoms with Crippen LogP contribution >= 0.6 is 0 Å². The second kappa shape index (κ2) is 8.12. The molecule has 25 heavy (non-hydrogen) atoms. The average Bonchev–Trinajstić information content (AvgIpc) is 3.09. The first-order valence-electron chi connectivity index (χ1n) is 8.62. The Morgan fingerprint density at radius 2 is 2.08 bits per heavy atom. The summed E-state index contributed by atoms with van der Waals surface area (Å²) >= 11 is 0. The predicted molar refractivity (Wildman–Crippen MR) is 96.7 cm³/mol. The average molecular weight is 363 g/mol. The van der Waals surface area contributed by atoms with Crippen molar-refractivity contribution in [2.24, 2.45) is 0 Å². The third-order valence-corrected chi connectivity index (χ3v) is 6.44. The molecule has 0 radical (unpaired) electrons. The molecule has 0 bridgehead atoms. The van der Waals surface area contributed by atoms with Gasteiger partial charge in [0.15, 0.2) is 0 Å². The van der Waals surface area contributed by atoms with E-state index in [-0.39, 0.29) is 11.7 Å². The molecule has 6 nitrogen and oxygen atoms in total. The minimum absolute atomic E-state index is 0.0542. The Morgan fingerprint density at radius 1 is 1.28 bits per heavy atom. The molecular weight excluding hydrogens is 338 g/mol. The number of hydrogen-bond donors (Lipinski definition) is 0. The number of piperidine rings is 1. The van der Waals surface area contributed by atoms with E-state index in [2.05, 4.69) is 9.55 Å². The standard InChI is InChI=1S/C18H25N3O3S/c1-24-13-12-20-11-9-19-18(20)17-8-5-10-21(14-17)25(22,23)15-16-6-3-2-4-7-16/h2-4,6-7,9,11,17H,5,8,10,12-15H2,1H3/t17-/m0/s1. The van der Waals surface area contributed by atoms with Crippen molar-refractivity contribution in [3.8, 4) is 0 Å². The number of nitrogens with zero attached hydrogens (tertiary/aromatic N) is 3. The Bertz CT molecular complexity index is 774. The van der Waals surface area contributed by atoms with Gasteiger partial charge in [-0.05, 0) is 18.4 Å². The van der Waals surface area contributed by atoms with Gasteiger partial charge in [0, 0.05) is 45.1 Å². The quantitative estimate of drug-likeness (QED) is 0.757. The molecule has 1 fully saturated rings. The summed E-state index contributed by atoms with van der Waals surface area (Å²) in [5.41, 5.74) is 0.825. The highest BCUT2D eigenvalue weighted by molar-refractivity contribution is 7.88. The van der Waals surface area contributed by atoms with E-state index < -0.39 is 10.0 Å². The summed E-state index contributed by atoms with van der Waals surface area (Å²) in [4.78, 5) is 4.48. The molecule has 1 atom stereocenters. The second-order valence-corrected chi connectivity index (χ2v) is 8.38. The monoisotopic (exact) mass is 363 g/mol. The van der Waals surface area contributed by atoms with E-state index in [9.17, 15) is 8.42 Å². The molecule has 136 valence electrons. The lowest BCUT2D eigenvalue weighted by Crippen LogP contribution is -2.40. The predicted octanol–water partition coefficient (Wildman–Crippen LogP) is 2.24. The molecule has 0 spiro atoms. The van der Waals surface area contributed by atoms with E-state index in [4.69, 9.17) is 4.74 Å². The first kappa shape index (κ1) is 18.1. The number of aromatic nitrogens is 2. The van der Waals surface area contributed by atoms with E-state index in [1.54, 1.807) is 17.6 Å². The molecule has 0 N–H and O–H groups in total. The van der Waals surface area contributed by atoms with Crippen molar-refractivity contribution in [3.05, 3.63) is 54.1 Å². The van der Waals surface area contributed by atoms with Crippen LogP contribution < -0.4 is 0 Å². The maximum Gasteiger partial charge on any atom is 0.218 e. The van der Waals surface area contributed by atoms with E-state index in [0.29, 0.717) is 19.7 Å². The van der Waals surface area contributed by atoms with Crippen molar-refractivity contribution >= 4 is 10.0 Å². The van der Waals surface area contributed by atoms with Crippen molar-refractivity contribution in [3.63, 3.8) is 0 Å². The Morgan fingerprint density at radius 3 is 2.84 bits per heavy atom. The first-order chi connectivity index (χ1) is 12.1. The van der Waals surface area contributed by atoms with Crippen LogP contribution in [-0.4, -0.2) is 49.1 Å². The van der Waals surface area contributed by atoms with Gasteiger partial charge < -0.3 is 9.30 Å². The lowest BCUT2D eigenvalue weighted by Gasteiger charge is -2.32. The number of benzene rings is 1. The summed E-state index contributed by atoms with van der Waals surface area (Å²) in [6.45, 7) is 2.44. The molecule has 0 unspecified atom stereocenters. The van der Waals surface area contributed by atoms with Crippen LogP contribution in [0.3, 0.4) is 0 Å². The Labute approximate surface area is 149 Å². The minimum atomic E-state index is -3.32. The maximum atomic E-state index is 12.8. The normalized spacial score (nSPS) is 19.2. The lowest BCUT2D eigenvalue weighted by molar-refractivity contribution is 0.184. The van der Waals surface area contributed by atoms with Gasteiger partial charge in [-0.2, -0.15) is 0 Å². The van der Waals surface area contributed by atoms with Gasteiger partial charge in [0.25, 0.3) is 0 Å². The number of rotatable bonds is 7. The molecule has 0 saturated carbocycles. The maximum absolute atomic E-state index is 12.8. The van der Waals surface area contributed by atoms with Gasteiger partial charge in [-0.1, -0.05) is 30.3 Å². The van der Waals surface area contributed by atoms with Crippen molar-refractivity contribution < 1.29 is 13.2 Å². The zero-order valence-electron chi connectivity index (χ0n) is 14.5. The number of sulfonamides is 1. The molecule has 1 aromatic heterocycles. The third-order valence-electron chi connectivity index (χ3n) is 4.62. The fraction of sp³-hybridized carbons (Fsp3) is 0.500. The summed E-state index contributed by atoms with van der Waals surface area (Å²) in [5.74, 6) is 1.14. The summed E-state index contributed by atoms with van der Waals surface area (Å²) in [7, 11) is -1.64. The minimum Gasteiger partial charge on any atom is -0.383 e. The SMILES string of the molecule is COCCn1ccnc1[C@H]1CCCN(S(=O)(=O)Cc2ccccc2)C1. The molecule has 0 aliphatic carbocycles. The van der Waals surface area contributed by atoms with Crippen LogP contribution in [0.2, 0.25) is 0 Å². The van der Waals surface area contributed by atoms with Crippen LogP contribution in [0.1, 0.15) is 30.1 Å². The summed E-state index contributed by atoms with van der Waals surface area (Å²) < 4.78 is 34.5. The van der Waals surface area contributed by atoms with E-state index in [1.165, 1.54) is 0 Å². The number of hydrogen-bond acceptors (Lipinski definition) is 4. The summed E-state index contributed by atoms with van der Waals surface area (Å²) in [5, 5.41) is 0. The van der Waals surface area contributed by atoms with E-state index >= 15 is 0 Å². The van der Waals surface area contributed by atoms with Crippen LogP contribution in [-0.2, 0) is 27.1 Å². The molecule has 0 amide bonds. The van der Waals surface area contributed by atoms with Crippen LogP contribution in [0.25, 0.3) is 0 Å².